The van der Waals surface area contributed by atoms with Gasteiger partial charge in [-0.05, 0) is 36.8 Å². The summed E-state index contributed by atoms with van der Waals surface area (Å²) in [5, 5.41) is 12.7. The molecule has 2 N–H and O–H groups in total. The van der Waals surface area contributed by atoms with E-state index in [-0.39, 0.29) is 12.0 Å². The monoisotopic (exact) mass is 365 g/mol. The summed E-state index contributed by atoms with van der Waals surface area (Å²) in [6.45, 7) is 1.92. The normalized spacial score (nSPS) is 16.8. The first kappa shape index (κ1) is 17.5. The zero-order valence-electron chi connectivity index (χ0n) is 15.3. The van der Waals surface area contributed by atoms with Crippen molar-refractivity contribution in [2.24, 2.45) is 7.05 Å². The Hall–Kier alpha value is -2.93. The van der Waals surface area contributed by atoms with Crippen molar-refractivity contribution < 1.29 is 9.90 Å². The Morgan fingerprint density at radius 2 is 2.22 bits per heavy atom. The molecule has 3 aromatic rings. The van der Waals surface area contributed by atoms with E-state index in [9.17, 15) is 9.90 Å². The number of aromatic nitrogens is 3. The van der Waals surface area contributed by atoms with Crippen LogP contribution >= 0.6 is 0 Å². The molecule has 1 aromatic carbocycles. The van der Waals surface area contributed by atoms with Crippen LogP contribution in [-0.4, -0.2) is 51.3 Å². The minimum absolute atomic E-state index is 0.114. The van der Waals surface area contributed by atoms with E-state index >= 15 is 0 Å². The maximum absolute atomic E-state index is 12.5. The maximum Gasteiger partial charge on any atom is 0.251 e. The van der Waals surface area contributed by atoms with Gasteiger partial charge in [-0.15, -0.1) is 0 Å². The number of amides is 1. The summed E-state index contributed by atoms with van der Waals surface area (Å²) in [5.41, 5.74) is 3.30. The third kappa shape index (κ3) is 3.64. The molecule has 140 valence electrons. The molecule has 7 heteroatoms. The molecule has 1 saturated heterocycles. The van der Waals surface area contributed by atoms with E-state index in [4.69, 9.17) is 0 Å². The molecule has 7 nitrogen and oxygen atoms in total. The standard InChI is InChI=1S/C20H23N5O2/c1-24-18-6-5-14(19(27)22-10-7-15-4-2-3-9-21-15)12-17(18)23-20(24)25-11-8-16(26)13-25/h2-6,9,12,16,26H,7-8,10-11,13H2,1H3,(H,22,27)/t16-/m0/s1. The number of anilines is 1. The van der Waals surface area contributed by atoms with Crippen molar-refractivity contribution in [2.75, 3.05) is 24.5 Å². The quantitative estimate of drug-likeness (QED) is 0.716. The van der Waals surface area contributed by atoms with Gasteiger partial charge in [-0.1, -0.05) is 6.07 Å². The van der Waals surface area contributed by atoms with Gasteiger partial charge in [0, 0.05) is 50.6 Å². The minimum Gasteiger partial charge on any atom is -0.391 e. The highest BCUT2D eigenvalue weighted by Crippen LogP contribution is 2.25. The highest BCUT2D eigenvalue weighted by atomic mass is 16.3. The van der Waals surface area contributed by atoms with Crippen LogP contribution in [0, 0.1) is 0 Å². The molecular weight excluding hydrogens is 342 g/mol. The summed E-state index contributed by atoms with van der Waals surface area (Å²) in [5.74, 6) is 0.714. The summed E-state index contributed by atoms with van der Waals surface area (Å²) in [4.78, 5) is 23.5. The second kappa shape index (κ2) is 7.36. The molecule has 1 atom stereocenters. The predicted molar refractivity (Wildman–Crippen MR) is 104 cm³/mol. The van der Waals surface area contributed by atoms with Crippen LogP contribution in [0.15, 0.2) is 42.6 Å². The number of benzene rings is 1. The van der Waals surface area contributed by atoms with E-state index in [0.29, 0.717) is 25.1 Å². The summed E-state index contributed by atoms with van der Waals surface area (Å²) >= 11 is 0. The van der Waals surface area contributed by atoms with E-state index in [1.165, 1.54) is 0 Å². The molecule has 3 heterocycles. The van der Waals surface area contributed by atoms with E-state index in [0.717, 1.165) is 35.6 Å². The zero-order valence-corrected chi connectivity index (χ0v) is 15.3. The highest BCUT2D eigenvalue weighted by molar-refractivity contribution is 5.97. The molecule has 1 aliphatic rings. The Labute approximate surface area is 157 Å². The van der Waals surface area contributed by atoms with Crippen molar-refractivity contribution in [3.8, 4) is 0 Å². The number of nitrogens with zero attached hydrogens (tertiary/aromatic N) is 4. The summed E-state index contributed by atoms with van der Waals surface area (Å²) < 4.78 is 2.01. The van der Waals surface area contributed by atoms with Crippen LogP contribution in [0.2, 0.25) is 0 Å². The van der Waals surface area contributed by atoms with Crippen LogP contribution in [0.25, 0.3) is 11.0 Å². The number of pyridine rings is 1. The molecule has 4 rings (SSSR count). The van der Waals surface area contributed by atoms with E-state index in [1.807, 2.05) is 48.0 Å². The third-order valence-corrected chi connectivity index (χ3v) is 4.96. The molecule has 27 heavy (non-hydrogen) atoms. The third-order valence-electron chi connectivity index (χ3n) is 4.96. The number of fused-ring (bicyclic) bond motifs is 1. The molecule has 0 radical (unpaired) electrons. The fraction of sp³-hybridized carbons (Fsp3) is 0.350. The van der Waals surface area contributed by atoms with Gasteiger partial charge < -0.3 is 19.9 Å². The molecule has 1 amide bonds. The fourth-order valence-electron chi connectivity index (χ4n) is 3.49. The molecule has 0 aliphatic carbocycles. The first-order valence-corrected chi connectivity index (χ1v) is 9.19. The number of carbonyl (C=O) groups excluding carboxylic acids is 1. The Balaban J connectivity index is 1.47. The molecule has 0 spiro atoms. The van der Waals surface area contributed by atoms with Gasteiger partial charge in [-0.25, -0.2) is 4.98 Å². The summed E-state index contributed by atoms with van der Waals surface area (Å²) in [6.07, 6.45) is 2.90. The molecular formula is C20H23N5O2. The summed E-state index contributed by atoms with van der Waals surface area (Å²) in [7, 11) is 1.96. The predicted octanol–water partition coefficient (Wildman–Crippen LogP) is 1.51. The van der Waals surface area contributed by atoms with Gasteiger partial charge in [0.2, 0.25) is 5.95 Å². The number of aryl methyl sites for hydroxylation is 1. The molecule has 1 aliphatic heterocycles. The molecule has 0 bridgehead atoms. The number of hydrogen-bond acceptors (Lipinski definition) is 5. The molecule has 2 aromatic heterocycles. The first-order chi connectivity index (χ1) is 13.1. The minimum atomic E-state index is -0.301. The van der Waals surface area contributed by atoms with Crippen molar-refractivity contribution in [3.05, 3.63) is 53.9 Å². The van der Waals surface area contributed by atoms with E-state index < -0.39 is 0 Å². The van der Waals surface area contributed by atoms with E-state index in [2.05, 4.69) is 20.2 Å². The van der Waals surface area contributed by atoms with Crippen LogP contribution in [0.4, 0.5) is 5.95 Å². The maximum atomic E-state index is 12.5. The largest absolute Gasteiger partial charge is 0.391 e. The lowest BCUT2D eigenvalue weighted by molar-refractivity contribution is 0.0954. The average Bonchev–Trinajstić information content (AvgIpc) is 3.25. The molecule has 1 fully saturated rings. The number of carbonyl (C=O) groups is 1. The Morgan fingerprint density at radius 1 is 1.33 bits per heavy atom. The number of nitrogens with one attached hydrogen (secondary N) is 1. The van der Waals surface area contributed by atoms with Crippen LogP contribution in [0.1, 0.15) is 22.5 Å². The highest BCUT2D eigenvalue weighted by Gasteiger charge is 2.24. The Morgan fingerprint density at radius 3 is 2.96 bits per heavy atom. The second-order valence-electron chi connectivity index (χ2n) is 6.89. The molecule has 0 unspecified atom stereocenters. The Kier molecular flexibility index (Phi) is 4.77. The van der Waals surface area contributed by atoms with Gasteiger partial charge in [-0.3, -0.25) is 9.78 Å². The van der Waals surface area contributed by atoms with Gasteiger partial charge >= 0.3 is 0 Å². The van der Waals surface area contributed by atoms with E-state index in [1.54, 1.807) is 6.20 Å². The van der Waals surface area contributed by atoms with Crippen LogP contribution < -0.4 is 10.2 Å². The SMILES string of the molecule is Cn1c(N2CC[C@H](O)C2)nc2cc(C(=O)NCCc3ccccn3)ccc21. The lowest BCUT2D eigenvalue weighted by atomic mass is 10.2. The topological polar surface area (TPSA) is 83.3 Å². The van der Waals surface area contributed by atoms with Gasteiger partial charge in [0.15, 0.2) is 0 Å². The van der Waals surface area contributed by atoms with Gasteiger partial charge in [0.1, 0.15) is 0 Å². The Bertz CT molecular complexity index is 954. The van der Waals surface area contributed by atoms with Crippen LogP contribution in [0.5, 0.6) is 0 Å². The summed E-state index contributed by atoms with van der Waals surface area (Å²) in [6, 6.07) is 11.3. The van der Waals surface area contributed by atoms with Crippen molar-refractivity contribution >= 4 is 22.9 Å². The number of rotatable bonds is 5. The number of β-amino-alcohol motifs (C(OH)–C–C–N with tert-alkyl or cyclic N) is 1. The smallest absolute Gasteiger partial charge is 0.251 e. The lowest BCUT2D eigenvalue weighted by Crippen LogP contribution is -2.25. The van der Waals surface area contributed by atoms with Crippen molar-refractivity contribution in [1.82, 2.24) is 19.9 Å². The number of aliphatic hydroxyl groups excluding tert-OH is 1. The fourth-order valence-corrected chi connectivity index (χ4v) is 3.49. The zero-order chi connectivity index (χ0) is 18.8. The number of imidazole rings is 1. The van der Waals surface area contributed by atoms with Gasteiger partial charge in [0.25, 0.3) is 5.91 Å². The van der Waals surface area contributed by atoms with Crippen molar-refractivity contribution in [1.29, 1.82) is 0 Å². The van der Waals surface area contributed by atoms with Gasteiger partial charge in [-0.2, -0.15) is 0 Å². The van der Waals surface area contributed by atoms with Gasteiger partial charge in [0.05, 0.1) is 17.1 Å². The number of hydrogen-bond donors (Lipinski definition) is 2. The molecule has 0 saturated carbocycles. The van der Waals surface area contributed by atoms with Crippen molar-refractivity contribution in [2.45, 2.75) is 18.9 Å². The second-order valence-corrected chi connectivity index (χ2v) is 6.89. The van der Waals surface area contributed by atoms with Crippen molar-refractivity contribution in [3.63, 3.8) is 0 Å². The number of aliphatic hydroxyl groups is 1. The van der Waals surface area contributed by atoms with Crippen LogP contribution in [0.3, 0.4) is 0 Å². The van der Waals surface area contributed by atoms with Crippen LogP contribution in [-0.2, 0) is 13.5 Å². The first-order valence-electron chi connectivity index (χ1n) is 9.19. The average molecular weight is 365 g/mol. The lowest BCUT2D eigenvalue weighted by Gasteiger charge is -2.16.